The monoisotopic (exact) mass is 501 g/mol. The van der Waals surface area contributed by atoms with Crippen molar-refractivity contribution in [3.63, 3.8) is 0 Å². The predicted molar refractivity (Wildman–Crippen MR) is 145 cm³/mol. The first-order valence-corrected chi connectivity index (χ1v) is 13.9. The van der Waals surface area contributed by atoms with Crippen LogP contribution in [0.1, 0.15) is 64.2 Å². The van der Waals surface area contributed by atoms with E-state index in [4.69, 9.17) is 0 Å². The summed E-state index contributed by atoms with van der Waals surface area (Å²) >= 11 is 1.62. The number of thiophene rings is 1. The lowest BCUT2D eigenvalue weighted by Crippen LogP contribution is -2.48. The molecule has 0 fully saturated rings. The van der Waals surface area contributed by atoms with Crippen LogP contribution in [-0.2, 0) is 17.8 Å². The van der Waals surface area contributed by atoms with Crippen molar-refractivity contribution in [2.24, 2.45) is 5.92 Å². The number of hydrogen-bond donors (Lipinski definition) is 1. The topological polar surface area (TPSA) is 52.7 Å². The third-order valence-electron chi connectivity index (χ3n) is 7.28. The summed E-state index contributed by atoms with van der Waals surface area (Å²) in [6.07, 6.45) is 1.99. The van der Waals surface area contributed by atoms with Crippen molar-refractivity contribution < 1.29 is 9.59 Å². The summed E-state index contributed by atoms with van der Waals surface area (Å²) in [5, 5.41) is 5.26. The molecule has 2 amide bonds. The van der Waals surface area contributed by atoms with Gasteiger partial charge in [0.05, 0.1) is 12.0 Å². The Morgan fingerprint density at radius 1 is 1.06 bits per heavy atom. The number of carbonyl (C=O) groups is 2. The number of fused-ring (bicyclic) bond motifs is 2. The molecule has 188 valence electrons. The van der Waals surface area contributed by atoms with Gasteiger partial charge in [-0.2, -0.15) is 0 Å². The summed E-state index contributed by atoms with van der Waals surface area (Å²) in [6.45, 7) is 8.49. The molecular weight excluding hydrogens is 466 g/mol. The highest BCUT2D eigenvalue weighted by molar-refractivity contribution is 7.10. The number of hydrogen-bond acceptors (Lipinski definition) is 4. The molecule has 0 aliphatic carbocycles. The van der Waals surface area contributed by atoms with Crippen molar-refractivity contribution in [3.05, 3.63) is 93.2 Å². The number of rotatable bonds is 8. The van der Waals surface area contributed by atoms with E-state index in [-0.39, 0.29) is 17.9 Å². The Bertz CT molecular complexity index is 1210. The van der Waals surface area contributed by atoms with Crippen LogP contribution in [0.25, 0.3) is 0 Å². The van der Waals surface area contributed by atoms with E-state index >= 15 is 0 Å². The highest BCUT2D eigenvalue weighted by atomic mass is 32.1. The quantitative estimate of drug-likeness (QED) is 0.429. The molecule has 0 saturated heterocycles. The predicted octanol–water partition coefficient (Wildman–Crippen LogP) is 5.25. The largest absolute Gasteiger partial charge is 0.355 e. The minimum atomic E-state index is -0.418. The molecule has 0 unspecified atom stereocenters. The maximum absolute atomic E-state index is 13.8. The van der Waals surface area contributed by atoms with E-state index in [2.05, 4.69) is 54.4 Å². The summed E-state index contributed by atoms with van der Waals surface area (Å²) < 4.78 is 0. The summed E-state index contributed by atoms with van der Waals surface area (Å²) in [4.78, 5) is 32.8. The number of amides is 2. The van der Waals surface area contributed by atoms with Gasteiger partial charge in [-0.25, -0.2) is 0 Å². The first kappa shape index (κ1) is 24.7. The van der Waals surface area contributed by atoms with Gasteiger partial charge in [0.2, 0.25) is 5.91 Å². The fourth-order valence-electron chi connectivity index (χ4n) is 5.62. The first-order chi connectivity index (χ1) is 17.5. The molecule has 2 atom stereocenters. The van der Waals surface area contributed by atoms with Crippen molar-refractivity contribution in [2.45, 2.75) is 45.2 Å². The molecule has 6 heteroatoms. The second-order valence-electron chi connectivity index (χ2n) is 10.3. The van der Waals surface area contributed by atoms with Crippen molar-refractivity contribution in [3.8, 4) is 0 Å². The highest BCUT2D eigenvalue weighted by Gasteiger charge is 2.44. The Morgan fingerprint density at radius 2 is 1.83 bits per heavy atom. The Hall–Kier alpha value is -2.96. The molecule has 3 heterocycles. The van der Waals surface area contributed by atoms with Gasteiger partial charge in [-0.05, 0) is 53.0 Å². The molecule has 1 N–H and O–H groups in total. The van der Waals surface area contributed by atoms with Crippen LogP contribution in [-0.4, -0.2) is 47.8 Å². The fraction of sp³-hybridized carbons (Fsp3) is 0.400. The van der Waals surface area contributed by atoms with E-state index < -0.39 is 5.92 Å². The SMILES string of the molecule is CC(C)CN1C(=O)c2ccccc2[C@H](C(=O)NCCCN2CCc3ccccc3C2)[C@@H]1c1cccs1. The minimum absolute atomic E-state index is 0.00564. The first-order valence-electron chi connectivity index (χ1n) is 13.0. The van der Waals surface area contributed by atoms with Gasteiger partial charge in [0.15, 0.2) is 0 Å². The van der Waals surface area contributed by atoms with E-state index in [0.29, 0.717) is 24.6 Å². The Balaban J connectivity index is 1.30. The molecule has 5 rings (SSSR count). The van der Waals surface area contributed by atoms with Gasteiger partial charge in [0, 0.05) is 43.2 Å². The molecule has 2 aromatic carbocycles. The molecule has 0 saturated carbocycles. The van der Waals surface area contributed by atoms with E-state index in [0.717, 1.165) is 42.9 Å². The second kappa shape index (κ2) is 11.0. The Kier molecular flexibility index (Phi) is 7.54. The molecule has 0 bridgehead atoms. The lowest BCUT2D eigenvalue weighted by atomic mass is 9.81. The molecule has 5 nitrogen and oxygen atoms in total. The summed E-state index contributed by atoms with van der Waals surface area (Å²) in [5.41, 5.74) is 4.36. The lowest BCUT2D eigenvalue weighted by molar-refractivity contribution is -0.124. The van der Waals surface area contributed by atoms with Crippen LogP contribution in [0, 0.1) is 5.92 Å². The Morgan fingerprint density at radius 3 is 2.61 bits per heavy atom. The summed E-state index contributed by atoms with van der Waals surface area (Å²) in [7, 11) is 0. The zero-order valence-electron chi connectivity index (χ0n) is 21.2. The number of carbonyl (C=O) groups excluding carboxylic acids is 2. The van der Waals surface area contributed by atoms with E-state index in [1.807, 2.05) is 40.6 Å². The van der Waals surface area contributed by atoms with Gasteiger partial charge >= 0.3 is 0 Å². The smallest absolute Gasteiger partial charge is 0.254 e. The molecule has 0 spiro atoms. The van der Waals surface area contributed by atoms with E-state index in [1.165, 1.54) is 11.1 Å². The maximum Gasteiger partial charge on any atom is 0.254 e. The third kappa shape index (κ3) is 5.11. The van der Waals surface area contributed by atoms with E-state index in [1.54, 1.807) is 11.3 Å². The average Bonchev–Trinajstić information content (AvgIpc) is 3.42. The van der Waals surface area contributed by atoms with Gasteiger partial charge in [0.1, 0.15) is 0 Å². The molecule has 0 radical (unpaired) electrons. The van der Waals surface area contributed by atoms with Crippen LogP contribution in [0.5, 0.6) is 0 Å². The van der Waals surface area contributed by atoms with Crippen molar-refractivity contribution in [2.75, 3.05) is 26.2 Å². The van der Waals surface area contributed by atoms with Crippen LogP contribution in [0.3, 0.4) is 0 Å². The molecule has 2 aliphatic rings. The van der Waals surface area contributed by atoms with Gasteiger partial charge < -0.3 is 10.2 Å². The number of benzene rings is 2. The molecule has 1 aromatic heterocycles. The fourth-order valence-corrected chi connectivity index (χ4v) is 6.49. The Labute approximate surface area is 218 Å². The summed E-state index contributed by atoms with van der Waals surface area (Å²) in [6, 6.07) is 20.1. The molecular formula is C30H35N3O2S. The van der Waals surface area contributed by atoms with Gasteiger partial charge in [-0.3, -0.25) is 14.5 Å². The zero-order chi connectivity index (χ0) is 25.1. The van der Waals surface area contributed by atoms with Crippen LogP contribution in [0.15, 0.2) is 66.0 Å². The van der Waals surface area contributed by atoms with Crippen LogP contribution >= 0.6 is 11.3 Å². The van der Waals surface area contributed by atoms with Crippen LogP contribution in [0.4, 0.5) is 0 Å². The van der Waals surface area contributed by atoms with Gasteiger partial charge in [-0.1, -0.05) is 62.4 Å². The van der Waals surface area contributed by atoms with Crippen molar-refractivity contribution in [1.29, 1.82) is 0 Å². The zero-order valence-corrected chi connectivity index (χ0v) is 22.0. The molecule has 2 aliphatic heterocycles. The van der Waals surface area contributed by atoms with Crippen LogP contribution < -0.4 is 5.32 Å². The maximum atomic E-state index is 13.8. The van der Waals surface area contributed by atoms with Crippen molar-refractivity contribution >= 4 is 23.2 Å². The second-order valence-corrected chi connectivity index (χ2v) is 11.3. The highest BCUT2D eigenvalue weighted by Crippen LogP contribution is 2.44. The average molecular weight is 502 g/mol. The molecule has 36 heavy (non-hydrogen) atoms. The molecule has 3 aromatic rings. The standard InChI is InChI=1S/C30H35N3O2S/c1-21(2)19-33-28(26-13-7-18-36-26)27(24-11-5-6-12-25(24)30(33)35)29(34)31-15-8-16-32-17-14-22-9-3-4-10-23(22)20-32/h3-7,9-13,18,21,27-28H,8,14-17,19-20H2,1-2H3,(H,31,34)/t27-,28-/m0/s1. The lowest BCUT2D eigenvalue weighted by Gasteiger charge is -2.42. The third-order valence-corrected chi connectivity index (χ3v) is 8.22. The van der Waals surface area contributed by atoms with Crippen LogP contribution in [0.2, 0.25) is 0 Å². The van der Waals surface area contributed by atoms with Gasteiger partial charge in [-0.15, -0.1) is 11.3 Å². The normalized spacial score (nSPS) is 19.8. The number of nitrogens with one attached hydrogen (secondary N) is 1. The van der Waals surface area contributed by atoms with E-state index in [9.17, 15) is 9.59 Å². The van der Waals surface area contributed by atoms with Crippen molar-refractivity contribution in [1.82, 2.24) is 15.1 Å². The number of nitrogens with zero attached hydrogens (tertiary/aromatic N) is 2. The minimum Gasteiger partial charge on any atom is -0.355 e. The summed E-state index contributed by atoms with van der Waals surface area (Å²) in [5.74, 6) is -0.0866. The van der Waals surface area contributed by atoms with Gasteiger partial charge in [0.25, 0.3) is 5.91 Å².